The van der Waals surface area contributed by atoms with Gasteiger partial charge >= 0.3 is 12.1 Å². The van der Waals surface area contributed by atoms with Crippen LogP contribution in [-0.2, 0) is 5.92 Å². The van der Waals surface area contributed by atoms with Crippen molar-refractivity contribution in [2.45, 2.75) is 23.9 Å². The van der Waals surface area contributed by atoms with E-state index in [1.54, 1.807) is 18.3 Å². The van der Waals surface area contributed by atoms with Gasteiger partial charge in [-0.25, -0.2) is 9.97 Å². The average Bonchev–Trinajstić information content (AvgIpc) is 3.17. The lowest BCUT2D eigenvalue weighted by Gasteiger charge is -2.18. The number of fused-ring (bicyclic) bond motifs is 1. The van der Waals surface area contributed by atoms with Gasteiger partial charge in [-0.15, -0.1) is 11.8 Å². The van der Waals surface area contributed by atoms with Crippen molar-refractivity contribution in [2.24, 2.45) is 0 Å². The summed E-state index contributed by atoms with van der Waals surface area (Å²) < 4.78 is 66.7. The van der Waals surface area contributed by atoms with Gasteiger partial charge in [-0.05, 0) is 29.5 Å². The first kappa shape index (κ1) is 22.5. The molecule has 1 aromatic carbocycles. The van der Waals surface area contributed by atoms with Crippen LogP contribution in [0, 0.1) is 0 Å². The SMILES string of the molecule is CCSc1cc(-c2ccc(Cl)cc2)cnc1-c1cn2cnc(C(F)(F)C(F)(F)F)cc2n1. The molecule has 0 saturated heterocycles. The molecule has 4 rings (SSSR count). The molecule has 3 aromatic heterocycles. The van der Waals surface area contributed by atoms with E-state index in [-0.39, 0.29) is 5.65 Å². The maximum Gasteiger partial charge on any atom is 0.459 e. The van der Waals surface area contributed by atoms with E-state index < -0.39 is 17.8 Å². The summed E-state index contributed by atoms with van der Waals surface area (Å²) in [6.07, 6.45) is -1.74. The number of nitrogens with zero attached hydrogens (tertiary/aromatic N) is 4. The maximum absolute atomic E-state index is 13.7. The van der Waals surface area contributed by atoms with Crippen molar-refractivity contribution in [1.29, 1.82) is 0 Å². The lowest BCUT2D eigenvalue weighted by Crippen LogP contribution is -2.34. The highest BCUT2D eigenvalue weighted by molar-refractivity contribution is 7.99. The lowest BCUT2D eigenvalue weighted by molar-refractivity contribution is -0.290. The number of benzene rings is 1. The molecule has 0 N–H and O–H groups in total. The van der Waals surface area contributed by atoms with Gasteiger partial charge in [0, 0.05) is 33.9 Å². The first-order valence-corrected chi connectivity index (χ1v) is 10.7. The van der Waals surface area contributed by atoms with Crippen LogP contribution >= 0.6 is 23.4 Å². The Hall–Kier alpha value is -2.72. The van der Waals surface area contributed by atoms with Crippen LogP contribution in [0.2, 0.25) is 5.02 Å². The molecule has 0 aliphatic rings. The number of alkyl halides is 5. The Morgan fingerprint density at radius 3 is 2.38 bits per heavy atom. The van der Waals surface area contributed by atoms with Crippen LogP contribution < -0.4 is 0 Å². The Bertz CT molecular complexity index is 1270. The third kappa shape index (κ3) is 4.16. The summed E-state index contributed by atoms with van der Waals surface area (Å²) in [4.78, 5) is 12.8. The highest BCUT2D eigenvalue weighted by Gasteiger charge is 2.60. The van der Waals surface area contributed by atoms with Crippen molar-refractivity contribution < 1.29 is 22.0 Å². The summed E-state index contributed by atoms with van der Waals surface area (Å²) in [6.45, 7) is 1.96. The molecule has 166 valence electrons. The summed E-state index contributed by atoms with van der Waals surface area (Å²) in [6, 6.07) is 9.80. The zero-order chi connectivity index (χ0) is 23.1. The molecule has 0 amide bonds. The fraction of sp³-hybridized carbons (Fsp3) is 0.190. The summed E-state index contributed by atoms with van der Waals surface area (Å²) >= 11 is 7.45. The van der Waals surface area contributed by atoms with Gasteiger partial charge in [0.2, 0.25) is 0 Å². The highest BCUT2D eigenvalue weighted by Crippen LogP contribution is 2.43. The van der Waals surface area contributed by atoms with Crippen molar-refractivity contribution in [1.82, 2.24) is 19.4 Å². The van der Waals surface area contributed by atoms with E-state index in [4.69, 9.17) is 11.6 Å². The molecule has 0 aliphatic heterocycles. The second-order valence-corrected chi connectivity index (χ2v) is 8.49. The first-order chi connectivity index (χ1) is 15.1. The van der Waals surface area contributed by atoms with Crippen LogP contribution in [0.5, 0.6) is 0 Å². The van der Waals surface area contributed by atoms with Crippen molar-refractivity contribution in [3.8, 4) is 22.5 Å². The molecule has 11 heteroatoms. The quantitative estimate of drug-likeness (QED) is 0.229. The molecule has 0 spiro atoms. The molecule has 0 unspecified atom stereocenters. The first-order valence-electron chi connectivity index (χ1n) is 9.29. The topological polar surface area (TPSA) is 43.1 Å². The van der Waals surface area contributed by atoms with Crippen molar-refractivity contribution in [3.63, 3.8) is 0 Å². The summed E-state index contributed by atoms with van der Waals surface area (Å²) in [5.41, 5.74) is 1.07. The minimum atomic E-state index is -5.75. The molecule has 0 fully saturated rings. The fourth-order valence-corrected chi connectivity index (χ4v) is 3.97. The molecular weight excluding hydrogens is 471 g/mol. The molecule has 0 bridgehead atoms. The van der Waals surface area contributed by atoms with Gasteiger partial charge in [0.05, 0.1) is 0 Å². The van der Waals surface area contributed by atoms with Gasteiger partial charge in [0.25, 0.3) is 0 Å². The van der Waals surface area contributed by atoms with Crippen LogP contribution in [0.1, 0.15) is 12.6 Å². The van der Waals surface area contributed by atoms with Crippen LogP contribution in [0.15, 0.2) is 60.0 Å². The zero-order valence-electron chi connectivity index (χ0n) is 16.4. The Morgan fingerprint density at radius 2 is 1.72 bits per heavy atom. The van der Waals surface area contributed by atoms with E-state index >= 15 is 0 Å². The third-order valence-electron chi connectivity index (χ3n) is 4.60. The van der Waals surface area contributed by atoms with E-state index in [1.165, 1.54) is 22.4 Å². The predicted octanol–water partition coefficient (Wildman–Crippen LogP) is 6.88. The van der Waals surface area contributed by atoms with Gasteiger partial charge in [0.15, 0.2) is 0 Å². The number of hydrogen-bond acceptors (Lipinski definition) is 4. The van der Waals surface area contributed by atoms with Gasteiger partial charge in [-0.1, -0.05) is 30.7 Å². The van der Waals surface area contributed by atoms with Crippen LogP contribution in [-0.4, -0.2) is 31.3 Å². The molecule has 0 atom stereocenters. The maximum atomic E-state index is 13.7. The molecule has 4 aromatic rings. The zero-order valence-corrected chi connectivity index (χ0v) is 17.9. The Kier molecular flexibility index (Phi) is 5.85. The van der Waals surface area contributed by atoms with Crippen LogP contribution in [0.4, 0.5) is 22.0 Å². The number of hydrogen-bond donors (Lipinski definition) is 0. The van der Waals surface area contributed by atoms with E-state index in [0.29, 0.717) is 22.5 Å². The van der Waals surface area contributed by atoms with Crippen LogP contribution in [0.3, 0.4) is 0 Å². The molecule has 0 radical (unpaired) electrons. The molecular formula is C21H14ClF5N4S. The Morgan fingerprint density at radius 1 is 1.00 bits per heavy atom. The third-order valence-corrected chi connectivity index (χ3v) is 5.76. The molecule has 0 saturated carbocycles. The Labute approximate surface area is 188 Å². The molecule has 32 heavy (non-hydrogen) atoms. The van der Waals surface area contributed by atoms with E-state index in [0.717, 1.165) is 28.1 Å². The largest absolute Gasteiger partial charge is 0.459 e. The second kappa shape index (κ2) is 8.32. The second-order valence-electron chi connectivity index (χ2n) is 6.75. The number of pyridine rings is 1. The van der Waals surface area contributed by atoms with Gasteiger partial charge in [0.1, 0.15) is 29.1 Å². The minimum absolute atomic E-state index is 0.0926. The van der Waals surface area contributed by atoms with Crippen molar-refractivity contribution in [3.05, 3.63) is 65.8 Å². The van der Waals surface area contributed by atoms with Gasteiger partial charge in [-0.2, -0.15) is 22.0 Å². The number of halogens is 6. The van der Waals surface area contributed by atoms with Gasteiger partial charge < -0.3 is 0 Å². The highest BCUT2D eigenvalue weighted by atomic mass is 35.5. The predicted molar refractivity (Wildman–Crippen MR) is 113 cm³/mol. The number of imidazole rings is 1. The molecule has 0 aliphatic carbocycles. The monoisotopic (exact) mass is 484 g/mol. The van der Waals surface area contributed by atoms with Gasteiger partial charge in [-0.3, -0.25) is 9.38 Å². The number of aromatic nitrogens is 4. The average molecular weight is 485 g/mol. The molecule has 3 heterocycles. The van der Waals surface area contributed by atoms with E-state index in [1.807, 2.05) is 25.1 Å². The summed E-state index contributed by atoms with van der Waals surface area (Å²) in [5, 5.41) is 0.607. The van der Waals surface area contributed by atoms with Crippen molar-refractivity contribution >= 4 is 29.0 Å². The number of thioether (sulfide) groups is 1. The van der Waals surface area contributed by atoms with E-state index in [2.05, 4.69) is 15.0 Å². The lowest BCUT2D eigenvalue weighted by atomic mass is 10.1. The normalized spacial score (nSPS) is 12.5. The summed E-state index contributed by atoms with van der Waals surface area (Å²) in [7, 11) is 0. The Balaban J connectivity index is 1.77. The molecule has 4 nitrogen and oxygen atoms in total. The van der Waals surface area contributed by atoms with Crippen LogP contribution in [0.25, 0.3) is 28.2 Å². The van der Waals surface area contributed by atoms with Crippen molar-refractivity contribution in [2.75, 3.05) is 5.75 Å². The standard InChI is InChI=1S/C21H14ClF5N4S/c1-2-32-16-7-13(12-3-5-14(22)6-4-12)9-28-19(16)15-10-31-11-29-17(8-18(31)30-15)20(23,24)21(25,26)27/h3-11H,2H2,1H3. The van der Waals surface area contributed by atoms with E-state index in [9.17, 15) is 22.0 Å². The number of rotatable bonds is 5. The summed E-state index contributed by atoms with van der Waals surface area (Å²) in [5.74, 6) is -4.35. The fourth-order valence-electron chi connectivity index (χ4n) is 3.02. The minimum Gasteiger partial charge on any atom is -0.290 e. The smallest absolute Gasteiger partial charge is 0.290 e.